The molecule has 0 aromatic rings. The largest absolute Gasteiger partial charge is 0.308 e. The smallest absolute Gasteiger partial charge is 0.257 e. The van der Waals surface area contributed by atoms with Gasteiger partial charge in [-0.2, -0.15) is 0 Å². The fraction of sp³-hybridized carbons (Fsp3) is 0.900. The number of rotatable bonds is 7. The Hall–Kier alpha value is -0.610. The lowest BCUT2D eigenvalue weighted by molar-refractivity contribution is -0.133. The number of carbonyl (C=O) groups is 1. The Morgan fingerprint density at radius 3 is 2.79 bits per heavy atom. The van der Waals surface area contributed by atoms with Gasteiger partial charge in [0, 0.05) is 0 Å². The second kappa shape index (κ2) is 5.98. The SMILES string of the molecule is CC(C)CONC(=O)CNCC1CC1. The second-order valence-electron chi connectivity index (χ2n) is 4.30. The van der Waals surface area contributed by atoms with E-state index < -0.39 is 0 Å². The van der Waals surface area contributed by atoms with Crippen LogP contribution in [0.3, 0.4) is 0 Å². The third-order valence-electron chi connectivity index (χ3n) is 2.02. The monoisotopic (exact) mass is 200 g/mol. The Labute approximate surface area is 85.3 Å². The summed E-state index contributed by atoms with van der Waals surface area (Å²) in [5.74, 6) is 1.15. The van der Waals surface area contributed by atoms with Gasteiger partial charge in [0.05, 0.1) is 13.2 Å². The summed E-state index contributed by atoms with van der Waals surface area (Å²) in [5, 5.41) is 3.09. The molecule has 0 aromatic carbocycles. The first-order valence-corrected chi connectivity index (χ1v) is 5.30. The van der Waals surface area contributed by atoms with Gasteiger partial charge >= 0.3 is 0 Å². The maximum Gasteiger partial charge on any atom is 0.257 e. The van der Waals surface area contributed by atoms with Crippen molar-refractivity contribution in [3.8, 4) is 0 Å². The lowest BCUT2D eigenvalue weighted by Gasteiger charge is -2.08. The summed E-state index contributed by atoms with van der Waals surface area (Å²) in [7, 11) is 0. The van der Waals surface area contributed by atoms with Gasteiger partial charge in [0.2, 0.25) is 0 Å². The van der Waals surface area contributed by atoms with Gasteiger partial charge in [0.15, 0.2) is 0 Å². The van der Waals surface area contributed by atoms with Crippen molar-refractivity contribution in [1.82, 2.24) is 10.8 Å². The highest BCUT2D eigenvalue weighted by Crippen LogP contribution is 2.27. The Kier molecular flexibility index (Phi) is 4.90. The lowest BCUT2D eigenvalue weighted by Crippen LogP contribution is -2.35. The predicted molar refractivity (Wildman–Crippen MR) is 54.5 cm³/mol. The number of hydrogen-bond acceptors (Lipinski definition) is 3. The molecule has 0 saturated heterocycles. The van der Waals surface area contributed by atoms with Crippen LogP contribution in [0.4, 0.5) is 0 Å². The summed E-state index contributed by atoms with van der Waals surface area (Å²) >= 11 is 0. The van der Waals surface area contributed by atoms with Gasteiger partial charge in [-0.15, -0.1) is 0 Å². The minimum Gasteiger partial charge on any atom is -0.308 e. The molecule has 2 N–H and O–H groups in total. The third-order valence-corrected chi connectivity index (χ3v) is 2.02. The number of nitrogens with one attached hydrogen (secondary N) is 2. The normalized spacial score (nSPS) is 15.9. The number of carbonyl (C=O) groups excluding carboxylic acids is 1. The van der Waals surface area contributed by atoms with E-state index >= 15 is 0 Å². The summed E-state index contributed by atoms with van der Waals surface area (Å²) in [5.41, 5.74) is 2.41. The van der Waals surface area contributed by atoms with Gasteiger partial charge < -0.3 is 5.32 Å². The molecule has 4 nitrogen and oxygen atoms in total. The molecule has 0 atom stereocenters. The molecule has 0 aromatic heterocycles. The topological polar surface area (TPSA) is 50.4 Å². The van der Waals surface area contributed by atoms with Crippen LogP contribution < -0.4 is 10.8 Å². The minimum atomic E-state index is -0.0914. The van der Waals surface area contributed by atoms with E-state index in [-0.39, 0.29) is 5.91 Å². The molecule has 1 rings (SSSR count). The van der Waals surface area contributed by atoms with Gasteiger partial charge in [-0.3, -0.25) is 9.63 Å². The average Bonchev–Trinajstić information content (AvgIpc) is 2.87. The maximum atomic E-state index is 11.1. The van der Waals surface area contributed by atoms with Crippen molar-refractivity contribution >= 4 is 5.91 Å². The van der Waals surface area contributed by atoms with Crippen LogP contribution in [-0.4, -0.2) is 25.6 Å². The first-order chi connectivity index (χ1) is 6.68. The van der Waals surface area contributed by atoms with Gasteiger partial charge in [0.1, 0.15) is 0 Å². The molecule has 0 aliphatic heterocycles. The first kappa shape index (κ1) is 11.5. The molecule has 1 amide bonds. The van der Waals surface area contributed by atoms with E-state index in [1.807, 2.05) is 13.8 Å². The first-order valence-electron chi connectivity index (χ1n) is 5.30. The molecule has 1 aliphatic rings. The van der Waals surface area contributed by atoms with Crippen LogP contribution in [-0.2, 0) is 9.63 Å². The Bertz CT molecular complexity index is 169. The van der Waals surface area contributed by atoms with Crippen LogP contribution in [0.2, 0.25) is 0 Å². The number of hydrogen-bond donors (Lipinski definition) is 2. The molecule has 0 unspecified atom stereocenters. The molecule has 4 heteroatoms. The van der Waals surface area contributed by atoms with Crippen molar-refractivity contribution in [3.05, 3.63) is 0 Å². The Balaban J connectivity index is 1.87. The van der Waals surface area contributed by atoms with E-state index in [0.717, 1.165) is 12.5 Å². The van der Waals surface area contributed by atoms with Crippen LogP contribution in [0.1, 0.15) is 26.7 Å². The van der Waals surface area contributed by atoms with E-state index in [4.69, 9.17) is 4.84 Å². The lowest BCUT2D eigenvalue weighted by atomic mass is 10.2. The van der Waals surface area contributed by atoms with Crippen molar-refractivity contribution < 1.29 is 9.63 Å². The van der Waals surface area contributed by atoms with Gasteiger partial charge in [0.25, 0.3) is 5.91 Å². The van der Waals surface area contributed by atoms with Gasteiger partial charge in [-0.25, -0.2) is 5.48 Å². The Morgan fingerprint density at radius 1 is 1.50 bits per heavy atom. The molecule has 0 heterocycles. The molecular formula is C10H20N2O2. The molecule has 0 bridgehead atoms. The van der Waals surface area contributed by atoms with Crippen LogP contribution in [0, 0.1) is 11.8 Å². The van der Waals surface area contributed by atoms with E-state index in [0.29, 0.717) is 19.1 Å². The summed E-state index contributed by atoms with van der Waals surface area (Å²) in [6, 6.07) is 0. The summed E-state index contributed by atoms with van der Waals surface area (Å²) in [6.07, 6.45) is 2.61. The van der Waals surface area contributed by atoms with Crippen LogP contribution in [0.15, 0.2) is 0 Å². The molecule has 1 aliphatic carbocycles. The van der Waals surface area contributed by atoms with Crippen molar-refractivity contribution in [2.75, 3.05) is 19.7 Å². The fourth-order valence-electron chi connectivity index (χ4n) is 1.04. The molecule has 14 heavy (non-hydrogen) atoms. The highest BCUT2D eigenvalue weighted by molar-refractivity contribution is 5.76. The molecule has 0 radical (unpaired) electrons. The van der Waals surface area contributed by atoms with Gasteiger partial charge in [-0.1, -0.05) is 13.8 Å². The number of amides is 1. The van der Waals surface area contributed by atoms with Crippen LogP contribution in [0.25, 0.3) is 0 Å². The van der Waals surface area contributed by atoms with Crippen molar-refractivity contribution in [3.63, 3.8) is 0 Å². The second-order valence-corrected chi connectivity index (χ2v) is 4.30. The maximum absolute atomic E-state index is 11.1. The van der Waals surface area contributed by atoms with Crippen LogP contribution >= 0.6 is 0 Å². The summed E-state index contributed by atoms with van der Waals surface area (Å²) < 4.78 is 0. The quantitative estimate of drug-likeness (QED) is 0.594. The molecule has 1 fully saturated rings. The average molecular weight is 200 g/mol. The zero-order valence-electron chi connectivity index (χ0n) is 9.01. The van der Waals surface area contributed by atoms with Crippen molar-refractivity contribution in [1.29, 1.82) is 0 Å². The molecule has 0 spiro atoms. The van der Waals surface area contributed by atoms with Crippen molar-refractivity contribution in [2.24, 2.45) is 11.8 Å². The highest BCUT2D eigenvalue weighted by Gasteiger charge is 2.20. The summed E-state index contributed by atoms with van der Waals surface area (Å²) in [4.78, 5) is 16.1. The predicted octanol–water partition coefficient (Wildman–Crippen LogP) is 0.690. The summed E-state index contributed by atoms with van der Waals surface area (Å²) in [6.45, 7) is 5.95. The van der Waals surface area contributed by atoms with E-state index in [1.54, 1.807) is 0 Å². The fourth-order valence-corrected chi connectivity index (χ4v) is 1.04. The highest BCUT2D eigenvalue weighted by atomic mass is 16.6. The van der Waals surface area contributed by atoms with E-state index in [9.17, 15) is 4.79 Å². The minimum absolute atomic E-state index is 0.0914. The zero-order valence-corrected chi connectivity index (χ0v) is 9.01. The standard InChI is InChI=1S/C10H20N2O2/c1-8(2)7-14-12-10(13)6-11-5-9-3-4-9/h8-9,11H,3-7H2,1-2H3,(H,12,13). The van der Waals surface area contributed by atoms with E-state index in [2.05, 4.69) is 10.8 Å². The van der Waals surface area contributed by atoms with Crippen molar-refractivity contribution in [2.45, 2.75) is 26.7 Å². The molecule has 82 valence electrons. The van der Waals surface area contributed by atoms with Crippen LogP contribution in [0.5, 0.6) is 0 Å². The zero-order chi connectivity index (χ0) is 10.4. The van der Waals surface area contributed by atoms with E-state index in [1.165, 1.54) is 12.8 Å². The van der Waals surface area contributed by atoms with Gasteiger partial charge in [-0.05, 0) is 31.2 Å². The molecular weight excluding hydrogens is 180 g/mol. The third kappa shape index (κ3) is 5.94. The molecule has 1 saturated carbocycles. The Morgan fingerprint density at radius 2 is 2.21 bits per heavy atom. The number of hydroxylamine groups is 1.